The van der Waals surface area contributed by atoms with E-state index in [1.807, 2.05) is 11.4 Å². The number of hydrogen-bond acceptors (Lipinski definition) is 4. The SMILES string of the molecule is O=C(O)Cc1cnn(-c2ccsn2)c1. The third-order valence-electron chi connectivity index (χ3n) is 1.65. The van der Waals surface area contributed by atoms with E-state index in [0.717, 1.165) is 0 Å². The van der Waals surface area contributed by atoms with E-state index in [0.29, 0.717) is 11.4 Å². The Labute approximate surface area is 83.8 Å². The van der Waals surface area contributed by atoms with Crippen LogP contribution in [0.1, 0.15) is 5.56 Å². The maximum absolute atomic E-state index is 10.4. The summed E-state index contributed by atoms with van der Waals surface area (Å²) in [5.74, 6) is -0.144. The summed E-state index contributed by atoms with van der Waals surface area (Å²) < 4.78 is 5.64. The van der Waals surface area contributed by atoms with E-state index in [-0.39, 0.29) is 6.42 Å². The number of carboxylic acid groups (broad SMARTS) is 1. The summed E-state index contributed by atoms with van der Waals surface area (Å²) in [6.07, 6.45) is 3.20. The fraction of sp³-hybridized carbons (Fsp3) is 0.125. The second-order valence-electron chi connectivity index (χ2n) is 2.72. The monoisotopic (exact) mass is 209 g/mol. The molecule has 0 saturated carbocycles. The van der Waals surface area contributed by atoms with Crippen molar-refractivity contribution >= 4 is 17.5 Å². The van der Waals surface area contributed by atoms with Crippen molar-refractivity contribution in [2.45, 2.75) is 6.42 Å². The van der Waals surface area contributed by atoms with Crippen molar-refractivity contribution in [3.8, 4) is 5.82 Å². The molecule has 2 heterocycles. The highest BCUT2D eigenvalue weighted by Gasteiger charge is 2.05. The molecule has 0 aromatic carbocycles. The van der Waals surface area contributed by atoms with Crippen LogP contribution in [0.15, 0.2) is 23.8 Å². The highest BCUT2D eigenvalue weighted by molar-refractivity contribution is 7.03. The molecule has 2 aromatic heterocycles. The van der Waals surface area contributed by atoms with Crippen molar-refractivity contribution < 1.29 is 9.90 Å². The van der Waals surface area contributed by atoms with Gasteiger partial charge in [-0.2, -0.15) is 9.47 Å². The Morgan fingerprint density at radius 2 is 2.50 bits per heavy atom. The Balaban J connectivity index is 2.22. The van der Waals surface area contributed by atoms with Gasteiger partial charge >= 0.3 is 5.97 Å². The molecule has 0 radical (unpaired) electrons. The minimum atomic E-state index is -0.858. The smallest absolute Gasteiger partial charge is 0.307 e. The van der Waals surface area contributed by atoms with Crippen LogP contribution in [0.2, 0.25) is 0 Å². The van der Waals surface area contributed by atoms with Gasteiger partial charge < -0.3 is 5.11 Å². The highest BCUT2D eigenvalue weighted by atomic mass is 32.1. The average molecular weight is 209 g/mol. The maximum Gasteiger partial charge on any atom is 0.307 e. The summed E-state index contributed by atoms with van der Waals surface area (Å²) in [5.41, 5.74) is 0.672. The molecule has 14 heavy (non-hydrogen) atoms. The number of aromatic nitrogens is 3. The molecule has 1 N–H and O–H groups in total. The van der Waals surface area contributed by atoms with E-state index in [1.165, 1.54) is 17.7 Å². The van der Waals surface area contributed by atoms with Gasteiger partial charge in [-0.25, -0.2) is 4.68 Å². The Morgan fingerprint density at radius 3 is 3.14 bits per heavy atom. The van der Waals surface area contributed by atoms with Gasteiger partial charge in [-0.3, -0.25) is 4.79 Å². The van der Waals surface area contributed by atoms with Crippen LogP contribution in [0, 0.1) is 0 Å². The highest BCUT2D eigenvalue weighted by Crippen LogP contribution is 2.07. The predicted molar refractivity (Wildman–Crippen MR) is 50.6 cm³/mol. The van der Waals surface area contributed by atoms with Gasteiger partial charge in [0, 0.05) is 17.1 Å². The minimum Gasteiger partial charge on any atom is -0.481 e. The lowest BCUT2D eigenvalue weighted by atomic mass is 10.3. The number of carboxylic acids is 1. The number of nitrogens with zero attached hydrogens (tertiary/aromatic N) is 3. The molecule has 0 spiro atoms. The normalized spacial score (nSPS) is 10.3. The van der Waals surface area contributed by atoms with Crippen LogP contribution in [0.3, 0.4) is 0 Å². The van der Waals surface area contributed by atoms with E-state index >= 15 is 0 Å². The standard InChI is InChI=1S/C8H7N3O2S/c12-8(13)3-6-4-9-11(5-6)7-1-2-14-10-7/h1-2,4-5H,3H2,(H,12,13). The second-order valence-corrected chi connectivity index (χ2v) is 3.39. The van der Waals surface area contributed by atoms with Crippen LogP contribution in [0.4, 0.5) is 0 Å². The van der Waals surface area contributed by atoms with Gasteiger partial charge in [-0.05, 0) is 17.6 Å². The number of rotatable bonds is 3. The molecule has 0 amide bonds. The summed E-state index contributed by atoms with van der Waals surface area (Å²) in [4.78, 5) is 10.4. The van der Waals surface area contributed by atoms with Crippen molar-refractivity contribution in [3.05, 3.63) is 29.4 Å². The molecular weight excluding hydrogens is 202 g/mol. The van der Waals surface area contributed by atoms with Crippen LogP contribution >= 0.6 is 11.5 Å². The molecule has 2 rings (SSSR count). The lowest BCUT2D eigenvalue weighted by molar-refractivity contribution is -0.136. The summed E-state index contributed by atoms with van der Waals surface area (Å²) in [7, 11) is 0. The Hall–Kier alpha value is -1.69. The van der Waals surface area contributed by atoms with E-state index < -0.39 is 5.97 Å². The van der Waals surface area contributed by atoms with E-state index in [2.05, 4.69) is 9.47 Å². The van der Waals surface area contributed by atoms with Gasteiger partial charge in [-0.15, -0.1) is 0 Å². The molecule has 0 unspecified atom stereocenters. The molecule has 0 aliphatic rings. The number of carbonyl (C=O) groups is 1. The first-order valence-electron chi connectivity index (χ1n) is 3.92. The molecule has 0 aliphatic carbocycles. The van der Waals surface area contributed by atoms with E-state index in [1.54, 1.807) is 10.9 Å². The van der Waals surface area contributed by atoms with Gasteiger partial charge in [0.25, 0.3) is 0 Å². The fourth-order valence-corrected chi connectivity index (χ4v) is 1.57. The summed E-state index contributed by atoms with van der Waals surface area (Å²) >= 11 is 1.33. The van der Waals surface area contributed by atoms with E-state index in [4.69, 9.17) is 5.11 Å². The Bertz CT molecular complexity index is 435. The third kappa shape index (κ3) is 1.80. The molecule has 0 bridgehead atoms. The molecule has 72 valence electrons. The van der Waals surface area contributed by atoms with Crippen LogP contribution in [0.25, 0.3) is 5.82 Å². The van der Waals surface area contributed by atoms with Crippen molar-refractivity contribution in [2.24, 2.45) is 0 Å². The number of aliphatic carboxylic acids is 1. The third-order valence-corrected chi connectivity index (χ3v) is 2.20. The molecule has 0 fully saturated rings. The van der Waals surface area contributed by atoms with Gasteiger partial charge in [0.1, 0.15) is 0 Å². The lowest BCUT2D eigenvalue weighted by Crippen LogP contribution is -1.98. The molecule has 0 saturated heterocycles. The van der Waals surface area contributed by atoms with Gasteiger partial charge in [0.15, 0.2) is 5.82 Å². The summed E-state index contributed by atoms with van der Waals surface area (Å²) in [5, 5.41) is 14.4. The second kappa shape index (κ2) is 3.59. The first-order valence-corrected chi connectivity index (χ1v) is 4.75. The quantitative estimate of drug-likeness (QED) is 0.817. The topological polar surface area (TPSA) is 68.0 Å². The molecule has 6 heteroatoms. The lowest BCUT2D eigenvalue weighted by Gasteiger charge is -1.91. The summed E-state index contributed by atoms with van der Waals surface area (Å²) in [6, 6.07) is 1.82. The zero-order valence-electron chi connectivity index (χ0n) is 7.12. The number of hydrogen-bond donors (Lipinski definition) is 1. The van der Waals surface area contributed by atoms with Gasteiger partial charge in [0.05, 0.1) is 12.6 Å². The van der Waals surface area contributed by atoms with Gasteiger partial charge in [0.2, 0.25) is 0 Å². The first kappa shape index (κ1) is 8.89. The first-order chi connectivity index (χ1) is 6.75. The molecule has 0 aliphatic heterocycles. The zero-order chi connectivity index (χ0) is 9.97. The Kier molecular flexibility index (Phi) is 2.28. The predicted octanol–water partition coefficient (Wildman–Crippen LogP) is 0.956. The minimum absolute atomic E-state index is 0.00978. The maximum atomic E-state index is 10.4. The van der Waals surface area contributed by atoms with Gasteiger partial charge in [-0.1, -0.05) is 0 Å². The van der Waals surface area contributed by atoms with Crippen LogP contribution in [0.5, 0.6) is 0 Å². The van der Waals surface area contributed by atoms with E-state index in [9.17, 15) is 4.79 Å². The van der Waals surface area contributed by atoms with Crippen molar-refractivity contribution in [1.29, 1.82) is 0 Å². The fourth-order valence-electron chi connectivity index (χ4n) is 1.08. The van der Waals surface area contributed by atoms with Crippen LogP contribution < -0.4 is 0 Å². The van der Waals surface area contributed by atoms with Crippen molar-refractivity contribution in [2.75, 3.05) is 0 Å². The molecule has 2 aromatic rings. The van der Waals surface area contributed by atoms with Crippen LogP contribution in [-0.4, -0.2) is 25.2 Å². The molecular formula is C8H7N3O2S. The molecule has 0 atom stereocenters. The van der Waals surface area contributed by atoms with Crippen molar-refractivity contribution in [3.63, 3.8) is 0 Å². The Morgan fingerprint density at radius 1 is 1.64 bits per heavy atom. The summed E-state index contributed by atoms with van der Waals surface area (Å²) in [6.45, 7) is 0. The zero-order valence-corrected chi connectivity index (χ0v) is 7.94. The molecule has 5 nitrogen and oxygen atoms in total. The van der Waals surface area contributed by atoms with Crippen molar-refractivity contribution in [1.82, 2.24) is 14.2 Å². The van der Waals surface area contributed by atoms with Crippen LogP contribution in [-0.2, 0) is 11.2 Å². The largest absolute Gasteiger partial charge is 0.481 e. The average Bonchev–Trinajstić information content (AvgIpc) is 2.69.